The van der Waals surface area contributed by atoms with Crippen LogP contribution in [0.4, 0.5) is 10.5 Å². The number of nitrogens with one attached hydrogen (secondary N) is 2. The molecular formula is C25H44N2O3. The Morgan fingerprint density at radius 1 is 1.07 bits per heavy atom. The lowest BCUT2D eigenvalue weighted by molar-refractivity contribution is 0.0483. The smallest absolute Gasteiger partial charge is 0.407 e. The molecule has 0 saturated carbocycles. The number of aliphatic hydroxyl groups excluding tert-OH is 1. The van der Waals surface area contributed by atoms with Gasteiger partial charge in [0, 0.05) is 12.7 Å². The molecule has 1 unspecified atom stereocenters. The van der Waals surface area contributed by atoms with Crippen molar-refractivity contribution in [3.63, 3.8) is 0 Å². The van der Waals surface area contributed by atoms with Gasteiger partial charge in [-0.25, -0.2) is 4.79 Å². The van der Waals surface area contributed by atoms with E-state index in [9.17, 15) is 9.90 Å². The summed E-state index contributed by atoms with van der Waals surface area (Å²) < 4.78 is 5.32. The van der Waals surface area contributed by atoms with Crippen LogP contribution in [0.15, 0.2) is 18.2 Å². The van der Waals surface area contributed by atoms with E-state index in [1.807, 2.05) is 27.8 Å². The maximum atomic E-state index is 12.1. The first kappa shape index (κ1) is 26.3. The largest absolute Gasteiger partial charge is 0.444 e. The number of aliphatic hydroxyl groups is 1. The Morgan fingerprint density at radius 3 is 2.27 bits per heavy atom. The van der Waals surface area contributed by atoms with Crippen molar-refractivity contribution in [2.75, 3.05) is 19.0 Å². The lowest BCUT2D eigenvalue weighted by atomic mass is 9.98. The van der Waals surface area contributed by atoms with Crippen molar-refractivity contribution in [2.45, 2.75) is 104 Å². The minimum absolute atomic E-state index is 0.134. The summed E-state index contributed by atoms with van der Waals surface area (Å²) in [5, 5.41) is 15.8. The minimum Gasteiger partial charge on any atom is -0.444 e. The molecule has 5 heteroatoms. The number of unbranched alkanes of at least 4 members (excludes halogenated alkanes) is 7. The third-order valence-corrected chi connectivity index (χ3v) is 5.17. The molecule has 0 aliphatic carbocycles. The number of ether oxygens (including phenoxy) is 1. The Kier molecular flexibility index (Phi) is 12.5. The van der Waals surface area contributed by atoms with E-state index in [1.165, 1.54) is 56.9 Å². The molecule has 3 N–H and O–H groups in total. The Labute approximate surface area is 184 Å². The van der Waals surface area contributed by atoms with Crippen molar-refractivity contribution in [3.05, 3.63) is 29.3 Å². The second-order valence-corrected chi connectivity index (χ2v) is 9.20. The molecule has 0 aromatic heterocycles. The van der Waals surface area contributed by atoms with E-state index in [4.69, 9.17) is 4.74 Å². The van der Waals surface area contributed by atoms with Gasteiger partial charge in [0.1, 0.15) is 5.60 Å². The van der Waals surface area contributed by atoms with Crippen LogP contribution in [0.25, 0.3) is 0 Å². The molecule has 1 aromatic carbocycles. The maximum Gasteiger partial charge on any atom is 0.407 e. The van der Waals surface area contributed by atoms with E-state index in [0.29, 0.717) is 6.42 Å². The summed E-state index contributed by atoms with van der Waals surface area (Å²) in [5.74, 6) is 0. The molecule has 1 atom stereocenters. The summed E-state index contributed by atoms with van der Waals surface area (Å²) in [4.78, 5) is 12.1. The van der Waals surface area contributed by atoms with Gasteiger partial charge in [-0.05, 0) is 57.2 Å². The van der Waals surface area contributed by atoms with Gasteiger partial charge in [0.15, 0.2) is 0 Å². The number of amides is 1. The third-order valence-electron chi connectivity index (χ3n) is 5.17. The van der Waals surface area contributed by atoms with Crippen LogP contribution >= 0.6 is 0 Å². The normalized spacial score (nSPS) is 12.5. The van der Waals surface area contributed by atoms with Gasteiger partial charge >= 0.3 is 6.09 Å². The van der Waals surface area contributed by atoms with Crippen LogP contribution in [-0.2, 0) is 17.6 Å². The molecule has 5 nitrogen and oxygen atoms in total. The SMILES string of the molecule is CCCCCCCCCCc1ccc(NC)c(CC(CO)NC(=O)OC(C)(C)C)c1. The first-order chi connectivity index (χ1) is 14.3. The van der Waals surface area contributed by atoms with Gasteiger partial charge in [0.25, 0.3) is 0 Å². The van der Waals surface area contributed by atoms with Gasteiger partial charge in [0.05, 0.1) is 12.6 Å². The Morgan fingerprint density at radius 2 is 1.70 bits per heavy atom. The van der Waals surface area contributed by atoms with Gasteiger partial charge in [0.2, 0.25) is 0 Å². The molecule has 1 rings (SSSR count). The lowest BCUT2D eigenvalue weighted by Gasteiger charge is -2.23. The van der Waals surface area contributed by atoms with E-state index in [1.54, 1.807) is 0 Å². The fourth-order valence-corrected chi connectivity index (χ4v) is 3.58. The van der Waals surface area contributed by atoms with E-state index >= 15 is 0 Å². The van der Waals surface area contributed by atoms with Crippen LogP contribution in [0, 0.1) is 0 Å². The van der Waals surface area contributed by atoms with Gasteiger partial charge in [-0.3, -0.25) is 0 Å². The number of aryl methyl sites for hydroxylation is 1. The quantitative estimate of drug-likeness (QED) is 0.331. The predicted molar refractivity (Wildman–Crippen MR) is 126 cm³/mol. The molecule has 0 heterocycles. The molecular weight excluding hydrogens is 376 g/mol. The number of hydrogen-bond acceptors (Lipinski definition) is 4. The molecule has 0 saturated heterocycles. The summed E-state index contributed by atoms with van der Waals surface area (Å²) in [6, 6.07) is 6.08. The van der Waals surface area contributed by atoms with Crippen LogP contribution in [0.5, 0.6) is 0 Å². The number of benzene rings is 1. The highest BCUT2D eigenvalue weighted by Crippen LogP contribution is 2.21. The average molecular weight is 421 g/mol. The number of rotatable bonds is 14. The Balaban J connectivity index is 2.56. The van der Waals surface area contributed by atoms with Gasteiger partial charge < -0.3 is 20.5 Å². The molecule has 0 bridgehead atoms. The van der Waals surface area contributed by atoms with Crippen molar-refractivity contribution in [3.8, 4) is 0 Å². The number of hydrogen-bond donors (Lipinski definition) is 3. The van der Waals surface area contributed by atoms with Crippen LogP contribution in [-0.4, -0.2) is 36.5 Å². The first-order valence-electron chi connectivity index (χ1n) is 11.7. The topological polar surface area (TPSA) is 70.6 Å². The van der Waals surface area contributed by atoms with Gasteiger partial charge in [-0.1, -0.05) is 64.0 Å². The zero-order valence-corrected chi connectivity index (χ0v) is 19.9. The molecule has 0 radical (unpaired) electrons. The molecule has 1 amide bonds. The van der Waals surface area contributed by atoms with Crippen LogP contribution in [0.1, 0.15) is 90.2 Å². The number of alkyl carbamates (subject to hydrolysis) is 1. The minimum atomic E-state index is -0.559. The van der Waals surface area contributed by atoms with Crippen molar-refractivity contribution < 1.29 is 14.6 Å². The number of carbonyl (C=O) groups excluding carboxylic acids is 1. The van der Waals surface area contributed by atoms with E-state index in [0.717, 1.165) is 17.7 Å². The molecule has 0 fully saturated rings. The van der Waals surface area contributed by atoms with Gasteiger partial charge in [-0.2, -0.15) is 0 Å². The van der Waals surface area contributed by atoms with E-state index in [2.05, 4.69) is 35.8 Å². The van der Waals surface area contributed by atoms with E-state index < -0.39 is 11.7 Å². The number of carbonyl (C=O) groups is 1. The van der Waals surface area contributed by atoms with Crippen molar-refractivity contribution in [1.82, 2.24) is 5.32 Å². The zero-order valence-electron chi connectivity index (χ0n) is 19.9. The van der Waals surface area contributed by atoms with Crippen molar-refractivity contribution in [2.24, 2.45) is 0 Å². The van der Waals surface area contributed by atoms with Crippen LogP contribution < -0.4 is 10.6 Å². The van der Waals surface area contributed by atoms with E-state index in [-0.39, 0.29) is 12.6 Å². The number of anilines is 1. The zero-order chi connectivity index (χ0) is 22.4. The second kappa shape index (κ2) is 14.3. The summed E-state index contributed by atoms with van der Waals surface area (Å²) in [6.07, 6.45) is 11.6. The summed E-state index contributed by atoms with van der Waals surface area (Å²) >= 11 is 0. The highest BCUT2D eigenvalue weighted by Gasteiger charge is 2.20. The predicted octanol–water partition coefficient (Wildman–Crippen LogP) is 5.84. The molecule has 30 heavy (non-hydrogen) atoms. The van der Waals surface area contributed by atoms with Crippen LogP contribution in [0.2, 0.25) is 0 Å². The maximum absolute atomic E-state index is 12.1. The first-order valence-corrected chi connectivity index (χ1v) is 11.7. The Bertz CT molecular complexity index is 611. The summed E-state index contributed by atoms with van der Waals surface area (Å²) in [7, 11) is 1.90. The van der Waals surface area contributed by atoms with Crippen molar-refractivity contribution >= 4 is 11.8 Å². The Hall–Kier alpha value is -1.75. The molecule has 1 aromatic rings. The lowest BCUT2D eigenvalue weighted by Crippen LogP contribution is -2.42. The summed E-state index contributed by atoms with van der Waals surface area (Å²) in [6.45, 7) is 7.60. The second-order valence-electron chi connectivity index (χ2n) is 9.20. The van der Waals surface area contributed by atoms with Crippen LogP contribution in [0.3, 0.4) is 0 Å². The monoisotopic (exact) mass is 420 g/mol. The molecule has 0 aliphatic heterocycles. The molecule has 172 valence electrons. The fourth-order valence-electron chi connectivity index (χ4n) is 3.58. The third kappa shape index (κ3) is 11.4. The highest BCUT2D eigenvalue weighted by atomic mass is 16.6. The molecule has 0 spiro atoms. The fraction of sp³-hybridized carbons (Fsp3) is 0.720. The highest BCUT2D eigenvalue weighted by molar-refractivity contribution is 5.68. The standard InChI is InChI=1S/C25H44N2O3/c1-6-7-8-9-10-11-12-13-14-20-15-16-23(26-5)21(17-20)18-22(19-28)27-24(29)30-25(2,3)4/h15-17,22,26,28H,6-14,18-19H2,1-5H3,(H,27,29). The van der Waals surface area contributed by atoms with Crippen molar-refractivity contribution in [1.29, 1.82) is 0 Å². The summed E-state index contributed by atoms with van der Waals surface area (Å²) in [5.41, 5.74) is 2.88. The molecule has 0 aliphatic rings. The van der Waals surface area contributed by atoms with Gasteiger partial charge in [-0.15, -0.1) is 0 Å². The average Bonchev–Trinajstić information content (AvgIpc) is 2.68.